The highest BCUT2D eigenvalue weighted by Crippen LogP contribution is 2.32. The van der Waals surface area contributed by atoms with Crippen LogP contribution in [0.2, 0.25) is 0 Å². The molecule has 0 aliphatic rings. The minimum atomic E-state index is -4.92. The van der Waals surface area contributed by atoms with Crippen molar-refractivity contribution in [3.63, 3.8) is 0 Å². The van der Waals surface area contributed by atoms with E-state index in [0.717, 1.165) is 19.2 Å². The number of hydrogen-bond acceptors (Lipinski definition) is 5. The highest BCUT2D eigenvalue weighted by atomic mass is 19.4. The summed E-state index contributed by atoms with van der Waals surface area (Å²) in [5.41, 5.74) is -1.13. The Hall–Kier alpha value is -2.45. The number of aryl methyl sites for hydroxylation is 1. The van der Waals surface area contributed by atoms with E-state index in [0.29, 0.717) is 0 Å². The van der Waals surface area contributed by atoms with E-state index in [4.69, 9.17) is 4.74 Å². The van der Waals surface area contributed by atoms with E-state index < -0.39 is 29.8 Å². The molecule has 1 aromatic carbocycles. The molecule has 0 unspecified atom stereocenters. The number of carbonyl (C=O) groups is 2. The lowest BCUT2D eigenvalue weighted by atomic mass is 10.1. The van der Waals surface area contributed by atoms with Crippen LogP contribution in [0.5, 0.6) is 5.75 Å². The molecule has 1 N–H and O–H groups in total. The van der Waals surface area contributed by atoms with Gasteiger partial charge in [0.05, 0.1) is 18.4 Å². The molecule has 0 heterocycles. The number of halogens is 3. The van der Waals surface area contributed by atoms with Gasteiger partial charge in [-0.3, -0.25) is 5.32 Å². The molecule has 1 aromatic rings. The lowest BCUT2D eigenvalue weighted by molar-refractivity contribution is -0.274. The summed E-state index contributed by atoms with van der Waals surface area (Å²) in [7, 11) is 1.11. The van der Waals surface area contributed by atoms with Gasteiger partial charge >= 0.3 is 18.4 Å². The Morgan fingerprint density at radius 1 is 1.12 bits per heavy atom. The largest absolute Gasteiger partial charge is 0.573 e. The van der Waals surface area contributed by atoms with Crippen LogP contribution in [-0.2, 0) is 9.47 Å². The number of rotatable bonds is 3. The van der Waals surface area contributed by atoms with Gasteiger partial charge in [-0.15, -0.1) is 13.2 Å². The van der Waals surface area contributed by atoms with E-state index in [-0.39, 0.29) is 16.8 Å². The summed E-state index contributed by atoms with van der Waals surface area (Å²) in [6.45, 7) is 6.16. The van der Waals surface area contributed by atoms with Gasteiger partial charge in [-0.05, 0) is 39.3 Å². The van der Waals surface area contributed by atoms with E-state index in [1.807, 2.05) is 0 Å². The van der Waals surface area contributed by atoms with Gasteiger partial charge in [0, 0.05) is 6.07 Å². The molecule has 134 valence electrons. The Bertz CT molecular complexity index is 635. The summed E-state index contributed by atoms with van der Waals surface area (Å²) in [6, 6.07) is 2.01. The summed E-state index contributed by atoms with van der Waals surface area (Å²) in [4.78, 5) is 23.6. The molecular weight excluding hydrogens is 331 g/mol. The van der Waals surface area contributed by atoms with Crippen molar-refractivity contribution >= 4 is 17.7 Å². The second-order valence-electron chi connectivity index (χ2n) is 5.83. The number of benzene rings is 1. The average Bonchev–Trinajstić information content (AvgIpc) is 2.37. The average molecular weight is 349 g/mol. The van der Waals surface area contributed by atoms with Gasteiger partial charge in [0.1, 0.15) is 11.4 Å². The molecule has 0 atom stereocenters. The minimum Gasteiger partial charge on any atom is -0.465 e. The summed E-state index contributed by atoms with van der Waals surface area (Å²) < 4.78 is 50.8. The number of alkyl halides is 3. The number of hydrogen-bond donors (Lipinski definition) is 1. The highest BCUT2D eigenvalue weighted by molar-refractivity contribution is 6.00. The van der Waals surface area contributed by atoms with Crippen molar-refractivity contribution in [1.29, 1.82) is 0 Å². The predicted octanol–water partition coefficient (Wildman–Crippen LogP) is 4.03. The predicted molar refractivity (Wildman–Crippen MR) is 79.1 cm³/mol. The minimum absolute atomic E-state index is 0.0439. The van der Waals surface area contributed by atoms with Gasteiger partial charge in [0.15, 0.2) is 0 Å². The van der Waals surface area contributed by atoms with E-state index in [9.17, 15) is 22.8 Å². The quantitative estimate of drug-likeness (QED) is 0.834. The molecule has 6 nitrogen and oxygen atoms in total. The maximum atomic E-state index is 12.4. The molecule has 0 bridgehead atoms. The van der Waals surface area contributed by atoms with Gasteiger partial charge in [-0.1, -0.05) is 0 Å². The van der Waals surface area contributed by atoms with Crippen molar-refractivity contribution in [3.8, 4) is 5.75 Å². The molecule has 0 saturated heterocycles. The Balaban J connectivity index is 3.24. The monoisotopic (exact) mass is 349 g/mol. The van der Waals surface area contributed by atoms with Crippen molar-refractivity contribution in [2.45, 2.75) is 39.7 Å². The molecular formula is C15H18F3NO5. The van der Waals surface area contributed by atoms with E-state index in [1.165, 1.54) is 6.92 Å². The molecule has 1 rings (SSSR count). The zero-order chi connectivity index (χ0) is 18.7. The van der Waals surface area contributed by atoms with Crippen LogP contribution in [0, 0.1) is 6.92 Å². The van der Waals surface area contributed by atoms with Crippen molar-refractivity contribution in [2.24, 2.45) is 0 Å². The number of methoxy groups -OCH3 is 1. The third-order valence-electron chi connectivity index (χ3n) is 2.58. The maximum absolute atomic E-state index is 12.4. The van der Waals surface area contributed by atoms with Gasteiger partial charge in [0.25, 0.3) is 0 Å². The number of esters is 1. The second kappa shape index (κ2) is 6.98. The van der Waals surface area contributed by atoms with Crippen molar-refractivity contribution in [1.82, 2.24) is 0 Å². The van der Waals surface area contributed by atoms with Crippen LogP contribution in [-0.4, -0.2) is 31.1 Å². The molecule has 0 spiro atoms. The van der Waals surface area contributed by atoms with E-state index >= 15 is 0 Å². The van der Waals surface area contributed by atoms with Crippen molar-refractivity contribution in [2.75, 3.05) is 12.4 Å². The number of amides is 1. The number of nitrogens with one attached hydrogen (secondary N) is 1. The Morgan fingerprint density at radius 2 is 1.71 bits per heavy atom. The fourth-order valence-corrected chi connectivity index (χ4v) is 1.72. The van der Waals surface area contributed by atoms with Crippen LogP contribution in [0.3, 0.4) is 0 Å². The highest BCUT2D eigenvalue weighted by Gasteiger charge is 2.32. The van der Waals surface area contributed by atoms with Crippen molar-refractivity contribution < 1.29 is 37.0 Å². The Morgan fingerprint density at radius 3 is 2.17 bits per heavy atom. The smallest absolute Gasteiger partial charge is 0.465 e. The normalized spacial score (nSPS) is 11.7. The zero-order valence-electron chi connectivity index (χ0n) is 13.8. The van der Waals surface area contributed by atoms with Crippen LogP contribution in [0.25, 0.3) is 0 Å². The van der Waals surface area contributed by atoms with Crippen LogP contribution >= 0.6 is 0 Å². The molecule has 0 fully saturated rings. The van der Waals surface area contributed by atoms with Gasteiger partial charge in [0.2, 0.25) is 0 Å². The van der Waals surface area contributed by atoms with Crippen LogP contribution < -0.4 is 10.1 Å². The fraction of sp³-hybridized carbons (Fsp3) is 0.467. The topological polar surface area (TPSA) is 73.9 Å². The summed E-state index contributed by atoms with van der Waals surface area (Å²) >= 11 is 0. The van der Waals surface area contributed by atoms with E-state index in [2.05, 4.69) is 14.8 Å². The third kappa shape index (κ3) is 5.98. The number of anilines is 1. The van der Waals surface area contributed by atoms with E-state index in [1.54, 1.807) is 20.8 Å². The molecule has 0 aliphatic heterocycles. The second-order valence-corrected chi connectivity index (χ2v) is 5.83. The summed E-state index contributed by atoms with van der Waals surface area (Å²) in [5.74, 6) is -1.39. The first kappa shape index (κ1) is 19.6. The van der Waals surface area contributed by atoms with Crippen molar-refractivity contribution in [3.05, 3.63) is 23.3 Å². The van der Waals surface area contributed by atoms with Crippen LogP contribution in [0.1, 0.15) is 36.7 Å². The maximum Gasteiger partial charge on any atom is 0.573 e. The third-order valence-corrected chi connectivity index (χ3v) is 2.58. The zero-order valence-corrected chi connectivity index (χ0v) is 13.8. The first-order chi connectivity index (χ1) is 10.8. The lowest BCUT2D eigenvalue weighted by Gasteiger charge is -2.21. The molecule has 1 amide bonds. The standard InChI is InChI=1S/C15H18F3NO5/c1-8-6-9(12(20)22-5)10(7-11(8)23-15(16,17)18)19-13(21)24-14(2,3)4/h6-7H,1-5H3,(H,19,21). The summed E-state index contributed by atoms with van der Waals surface area (Å²) in [6.07, 6.45) is -5.85. The van der Waals surface area contributed by atoms with Gasteiger partial charge in [-0.25, -0.2) is 9.59 Å². The molecule has 0 saturated carbocycles. The lowest BCUT2D eigenvalue weighted by Crippen LogP contribution is -2.28. The molecule has 9 heteroatoms. The Labute approximate surface area is 136 Å². The van der Waals surface area contributed by atoms with Gasteiger partial charge in [-0.2, -0.15) is 0 Å². The first-order valence-electron chi connectivity index (χ1n) is 6.81. The summed E-state index contributed by atoms with van der Waals surface area (Å²) in [5, 5.41) is 2.23. The fourth-order valence-electron chi connectivity index (χ4n) is 1.72. The molecule has 0 radical (unpaired) electrons. The number of carbonyl (C=O) groups excluding carboxylic acids is 2. The molecule has 0 aromatic heterocycles. The first-order valence-corrected chi connectivity index (χ1v) is 6.81. The number of ether oxygens (including phenoxy) is 3. The van der Waals surface area contributed by atoms with Gasteiger partial charge < -0.3 is 14.2 Å². The molecule has 0 aliphatic carbocycles. The SMILES string of the molecule is COC(=O)c1cc(C)c(OC(F)(F)F)cc1NC(=O)OC(C)(C)C. The van der Waals surface area contributed by atoms with Crippen LogP contribution in [0.4, 0.5) is 23.7 Å². The van der Waals surface area contributed by atoms with Crippen LogP contribution in [0.15, 0.2) is 12.1 Å². The Kier molecular flexibility index (Phi) is 5.70. The molecule has 24 heavy (non-hydrogen) atoms.